The number of hydrogen-bond donors (Lipinski definition) is 1. The molecule has 4 heteroatoms. The van der Waals surface area contributed by atoms with Gasteiger partial charge in [-0.25, -0.2) is 0 Å². The zero-order chi connectivity index (χ0) is 15.4. The molecule has 0 fully saturated rings. The SMILES string of the molecule is CCNC(=O)c1c(Cl)cccc1[SiH2]c1cc(C)cc(C)c1. The van der Waals surface area contributed by atoms with E-state index >= 15 is 0 Å². The Bertz CT molecular complexity index is 650. The zero-order valence-electron chi connectivity index (χ0n) is 12.7. The molecule has 0 heterocycles. The first-order chi connectivity index (χ1) is 10.0. The highest BCUT2D eigenvalue weighted by Gasteiger charge is 2.15. The maximum absolute atomic E-state index is 12.2. The fourth-order valence-electron chi connectivity index (χ4n) is 2.61. The highest BCUT2D eigenvalue weighted by Crippen LogP contribution is 2.13. The molecule has 0 aliphatic carbocycles. The van der Waals surface area contributed by atoms with E-state index < -0.39 is 9.52 Å². The third-order valence-electron chi connectivity index (χ3n) is 3.34. The molecule has 2 aromatic rings. The van der Waals surface area contributed by atoms with Crippen molar-refractivity contribution < 1.29 is 4.79 Å². The van der Waals surface area contributed by atoms with E-state index in [1.807, 2.05) is 19.1 Å². The van der Waals surface area contributed by atoms with Gasteiger partial charge in [0, 0.05) is 6.54 Å². The van der Waals surface area contributed by atoms with Crippen molar-refractivity contribution in [2.45, 2.75) is 20.8 Å². The highest BCUT2D eigenvalue weighted by atomic mass is 35.5. The number of hydrogen-bond acceptors (Lipinski definition) is 1. The van der Waals surface area contributed by atoms with Gasteiger partial charge in [0.2, 0.25) is 0 Å². The van der Waals surface area contributed by atoms with Crippen molar-refractivity contribution in [2.24, 2.45) is 0 Å². The average Bonchev–Trinajstić information content (AvgIpc) is 2.37. The number of nitrogens with one attached hydrogen (secondary N) is 1. The first-order valence-electron chi connectivity index (χ1n) is 7.14. The summed E-state index contributed by atoms with van der Waals surface area (Å²) in [4.78, 5) is 12.2. The second-order valence-electron chi connectivity index (χ2n) is 5.31. The number of amides is 1. The summed E-state index contributed by atoms with van der Waals surface area (Å²) in [6.45, 7) is 6.73. The second kappa shape index (κ2) is 6.92. The fourth-order valence-corrected chi connectivity index (χ4v) is 5.07. The lowest BCUT2D eigenvalue weighted by Crippen LogP contribution is -2.36. The predicted octanol–water partition coefficient (Wildman–Crippen LogP) is 1.83. The molecule has 0 saturated heterocycles. The van der Waals surface area contributed by atoms with Crippen LogP contribution in [0.1, 0.15) is 28.4 Å². The molecule has 0 unspecified atom stereocenters. The summed E-state index contributed by atoms with van der Waals surface area (Å²) in [6, 6.07) is 12.3. The number of carbonyl (C=O) groups is 1. The van der Waals surface area contributed by atoms with E-state index in [4.69, 9.17) is 11.6 Å². The third kappa shape index (κ3) is 3.96. The zero-order valence-corrected chi connectivity index (χ0v) is 14.8. The maximum atomic E-state index is 12.2. The fraction of sp³-hybridized carbons (Fsp3) is 0.235. The van der Waals surface area contributed by atoms with Gasteiger partial charge < -0.3 is 5.32 Å². The molecule has 0 bridgehead atoms. The van der Waals surface area contributed by atoms with E-state index in [9.17, 15) is 4.79 Å². The molecule has 0 aliphatic heterocycles. The van der Waals surface area contributed by atoms with Gasteiger partial charge in [-0.1, -0.05) is 58.2 Å². The van der Waals surface area contributed by atoms with Crippen LogP contribution in [0.15, 0.2) is 36.4 Å². The van der Waals surface area contributed by atoms with Gasteiger partial charge in [0.05, 0.1) is 20.1 Å². The van der Waals surface area contributed by atoms with Crippen LogP contribution in [0.3, 0.4) is 0 Å². The van der Waals surface area contributed by atoms with Gasteiger partial charge in [0.15, 0.2) is 0 Å². The molecule has 1 N–H and O–H groups in total. The van der Waals surface area contributed by atoms with E-state index in [0.29, 0.717) is 17.1 Å². The molecule has 2 aromatic carbocycles. The Balaban J connectivity index is 2.39. The lowest BCUT2D eigenvalue weighted by Gasteiger charge is -2.12. The molecule has 110 valence electrons. The largest absolute Gasteiger partial charge is 0.352 e. The summed E-state index contributed by atoms with van der Waals surface area (Å²) in [6.07, 6.45) is 0. The number of benzene rings is 2. The highest BCUT2D eigenvalue weighted by molar-refractivity contribution is 6.69. The number of carbonyl (C=O) groups excluding carboxylic acids is 1. The molecule has 0 spiro atoms. The van der Waals surface area contributed by atoms with Gasteiger partial charge in [-0.3, -0.25) is 4.79 Å². The molecule has 2 nitrogen and oxygen atoms in total. The molecular formula is C17H20ClNOSi. The first kappa shape index (κ1) is 15.8. The van der Waals surface area contributed by atoms with Crippen molar-refractivity contribution in [1.29, 1.82) is 0 Å². The van der Waals surface area contributed by atoms with Crippen LogP contribution in [0.5, 0.6) is 0 Å². The summed E-state index contributed by atoms with van der Waals surface area (Å²) < 4.78 is 0. The van der Waals surface area contributed by atoms with Crippen molar-refractivity contribution in [3.05, 3.63) is 58.1 Å². The second-order valence-corrected chi connectivity index (χ2v) is 7.65. The van der Waals surface area contributed by atoms with Crippen LogP contribution >= 0.6 is 11.6 Å². The van der Waals surface area contributed by atoms with Crippen molar-refractivity contribution in [1.82, 2.24) is 5.32 Å². The Morgan fingerprint density at radius 2 is 1.86 bits per heavy atom. The van der Waals surface area contributed by atoms with Gasteiger partial charge >= 0.3 is 0 Å². The number of halogens is 1. The summed E-state index contributed by atoms with van der Waals surface area (Å²) in [5.41, 5.74) is 3.17. The van der Waals surface area contributed by atoms with Crippen molar-refractivity contribution >= 4 is 37.4 Å². The molecule has 2 rings (SSSR count). The van der Waals surface area contributed by atoms with Crippen molar-refractivity contribution in [2.75, 3.05) is 6.54 Å². The average molecular weight is 318 g/mol. The lowest BCUT2D eigenvalue weighted by molar-refractivity contribution is 0.0957. The van der Waals surface area contributed by atoms with Crippen LogP contribution in [-0.4, -0.2) is 22.0 Å². The summed E-state index contributed by atoms with van der Waals surface area (Å²) in [5.74, 6) is -0.0741. The van der Waals surface area contributed by atoms with Crippen LogP contribution in [0, 0.1) is 13.8 Å². The van der Waals surface area contributed by atoms with Gasteiger partial charge in [0.25, 0.3) is 5.91 Å². The quantitative estimate of drug-likeness (QED) is 0.856. The van der Waals surface area contributed by atoms with Crippen LogP contribution in [0.2, 0.25) is 5.02 Å². The van der Waals surface area contributed by atoms with Crippen LogP contribution < -0.4 is 15.7 Å². The van der Waals surface area contributed by atoms with E-state index in [-0.39, 0.29) is 5.91 Å². The Morgan fingerprint density at radius 3 is 2.48 bits per heavy atom. The number of rotatable bonds is 4. The van der Waals surface area contributed by atoms with Gasteiger partial charge in [-0.05, 0) is 32.0 Å². The molecule has 1 amide bonds. The Morgan fingerprint density at radius 1 is 1.19 bits per heavy atom. The van der Waals surface area contributed by atoms with E-state index in [0.717, 1.165) is 5.19 Å². The van der Waals surface area contributed by atoms with E-state index in [1.165, 1.54) is 16.3 Å². The molecule has 0 aromatic heterocycles. The normalized spacial score (nSPS) is 11.0. The monoisotopic (exact) mass is 317 g/mol. The minimum Gasteiger partial charge on any atom is -0.352 e. The first-order valence-corrected chi connectivity index (χ1v) is 8.93. The lowest BCUT2D eigenvalue weighted by atomic mass is 10.2. The number of aryl methyl sites for hydroxylation is 2. The Hall–Kier alpha value is -1.58. The van der Waals surface area contributed by atoms with Gasteiger partial charge in [0.1, 0.15) is 0 Å². The molecule has 0 aliphatic rings. The Kier molecular flexibility index (Phi) is 5.20. The predicted molar refractivity (Wildman–Crippen MR) is 93.2 cm³/mol. The van der Waals surface area contributed by atoms with Crippen molar-refractivity contribution in [3.8, 4) is 0 Å². The van der Waals surface area contributed by atoms with Crippen LogP contribution in [0.4, 0.5) is 0 Å². The molecule has 0 saturated carbocycles. The molecule has 21 heavy (non-hydrogen) atoms. The topological polar surface area (TPSA) is 29.1 Å². The van der Waals surface area contributed by atoms with E-state index in [2.05, 4.69) is 37.4 Å². The summed E-state index contributed by atoms with van der Waals surface area (Å²) >= 11 is 6.25. The Labute approximate surface area is 133 Å². The van der Waals surface area contributed by atoms with Gasteiger partial charge in [-0.2, -0.15) is 0 Å². The van der Waals surface area contributed by atoms with Crippen molar-refractivity contribution in [3.63, 3.8) is 0 Å². The molecule has 0 radical (unpaired) electrons. The standard InChI is InChI=1S/C17H20ClNOSi/c1-4-19-17(20)16-14(18)6-5-7-15(16)21-13-9-11(2)8-12(3)10-13/h5-10H,4,21H2,1-3H3,(H,19,20). The minimum absolute atomic E-state index is 0.0741. The smallest absolute Gasteiger partial charge is 0.252 e. The van der Waals surface area contributed by atoms with E-state index in [1.54, 1.807) is 6.07 Å². The minimum atomic E-state index is -0.732. The summed E-state index contributed by atoms with van der Waals surface area (Å²) in [5, 5.41) is 5.82. The molecule has 0 atom stereocenters. The van der Waals surface area contributed by atoms with Crippen LogP contribution in [-0.2, 0) is 0 Å². The third-order valence-corrected chi connectivity index (χ3v) is 5.44. The maximum Gasteiger partial charge on any atom is 0.252 e. The molecular weight excluding hydrogens is 298 g/mol. The summed E-state index contributed by atoms with van der Waals surface area (Å²) in [7, 11) is -0.732. The van der Waals surface area contributed by atoms with Gasteiger partial charge in [-0.15, -0.1) is 0 Å². The van der Waals surface area contributed by atoms with Crippen LogP contribution in [0.25, 0.3) is 0 Å².